The van der Waals surface area contributed by atoms with Crippen molar-refractivity contribution in [3.63, 3.8) is 0 Å². The number of carbonyl (C=O) groups is 1. The average molecular weight is 336 g/mol. The number of hydrogen-bond acceptors (Lipinski definition) is 3. The molecule has 0 aliphatic heterocycles. The maximum atomic E-state index is 12.2. The largest absolute Gasteiger partial charge is 0.446 e. The van der Waals surface area contributed by atoms with Crippen LogP contribution in [0.15, 0.2) is 53.4 Å². The molecule has 0 aliphatic rings. The number of thioether (sulfide) groups is 1. The molecule has 0 aliphatic carbocycles. The van der Waals surface area contributed by atoms with Crippen LogP contribution in [0.25, 0.3) is 0 Å². The summed E-state index contributed by atoms with van der Waals surface area (Å²) >= 11 is -0.227. The number of nitrogens with one attached hydrogen (secondary N) is 1. The number of carbonyl (C=O) groups excluding carboxylic acids is 1. The van der Waals surface area contributed by atoms with E-state index >= 15 is 0 Å². The van der Waals surface area contributed by atoms with Crippen molar-refractivity contribution in [1.82, 2.24) is 5.32 Å². The lowest BCUT2D eigenvalue weighted by atomic mass is 10.1. The van der Waals surface area contributed by atoms with Crippen LogP contribution in [-0.2, 0) is 6.54 Å². The van der Waals surface area contributed by atoms with Crippen LogP contribution >= 0.6 is 11.8 Å². The van der Waals surface area contributed by atoms with E-state index in [2.05, 4.69) is 5.32 Å². The van der Waals surface area contributed by atoms with Gasteiger partial charge < -0.3 is 5.32 Å². The van der Waals surface area contributed by atoms with Crippen LogP contribution in [0.4, 0.5) is 13.2 Å². The number of alkyl halides is 3. The quantitative estimate of drug-likeness (QED) is 0.855. The van der Waals surface area contributed by atoms with Crippen LogP contribution in [0.1, 0.15) is 21.5 Å². The molecule has 0 heterocycles. The number of nitrogens with zero attached hydrogens (tertiary/aromatic N) is 1. The van der Waals surface area contributed by atoms with Crippen LogP contribution in [-0.4, -0.2) is 11.4 Å². The molecule has 0 spiro atoms. The molecule has 2 aromatic carbocycles. The van der Waals surface area contributed by atoms with Gasteiger partial charge in [-0.15, -0.1) is 0 Å². The minimum atomic E-state index is -4.35. The maximum Gasteiger partial charge on any atom is 0.446 e. The zero-order valence-corrected chi connectivity index (χ0v) is 12.5. The summed E-state index contributed by atoms with van der Waals surface area (Å²) in [6, 6.07) is 14.0. The highest BCUT2D eigenvalue weighted by atomic mass is 32.2. The lowest BCUT2D eigenvalue weighted by Crippen LogP contribution is -2.22. The Morgan fingerprint density at radius 3 is 2.48 bits per heavy atom. The Morgan fingerprint density at radius 1 is 1.17 bits per heavy atom. The van der Waals surface area contributed by atoms with Gasteiger partial charge in [-0.05, 0) is 53.7 Å². The summed E-state index contributed by atoms with van der Waals surface area (Å²) in [5.41, 5.74) is -2.82. The number of amides is 1. The van der Waals surface area contributed by atoms with Crippen molar-refractivity contribution in [2.24, 2.45) is 0 Å². The third-order valence-electron chi connectivity index (χ3n) is 2.86. The Labute approximate surface area is 135 Å². The molecule has 0 saturated carbocycles. The summed E-state index contributed by atoms with van der Waals surface area (Å²) < 4.78 is 36.7. The summed E-state index contributed by atoms with van der Waals surface area (Å²) in [6.45, 7) is 0.230. The molecule has 0 unspecified atom stereocenters. The zero-order chi connectivity index (χ0) is 16.9. The van der Waals surface area contributed by atoms with Crippen LogP contribution in [0, 0.1) is 11.3 Å². The van der Waals surface area contributed by atoms with Crippen LogP contribution in [0.5, 0.6) is 0 Å². The Bertz CT molecular complexity index is 736. The van der Waals surface area contributed by atoms with E-state index in [1.165, 1.54) is 24.3 Å². The molecule has 118 valence electrons. The summed E-state index contributed by atoms with van der Waals surface area (Å²) in [5.74, 6) is -0.393. The molecule has 0 saturated heterocycles. The molecule has 0 radical (unpaired) electrons. The van der Waals surface area contributed by atoms with Gasteiger partial charge in [-0.2, -0.15) is 18.4 Å². The lowest BCUT2D eigenvalue weighted by molar-refractivity contribution is -0.0328. The van der Waals surface area contributed by atoms with Crippen LogP contribution < -0.4 is 5.32 Å². The number of nitriles is 1. The molecule has 3 nitrogen and oxygen atoms in total. The second-order valence-electron chi connectivity index (χ2n) is 4.57. The average Bonchev–Trinajstić information content (AvgIpc) is 2.52. The molecule has 2 aromatic rings. The molecule has 2 rings (SSSR count). The van der Waals surface area contributed by atoms with Gasteiger partial charge in [0.2, 0.25) is 0 Å². The molecule has 0 fully saturated rings. The SMILES string of the molecule is N#Cc1cccc(CNC(=O)c2ccc(SC(F)(F)F)cc2)c1. The number of rotatable bonds is 4. The number of halogens is 3. The molecule has 23 heavy (non-hydrogen) atoms. The Kier molecular flexibility index (Phi) is 5.29. The minimum Gasteiger partial charge on any atom is -0.348 e. The summed E-state index contributed by atoms with van der Waals surface area (Å²) in [5, 5.41) is 11.5. The van der Waals surface area contributed by atoms with Crippen LogP contribution in [0.3, 0.4) is 0 Å². The predicted molar refractivity (Wildman–Crippen MR) is 80.7 cm³/mol. The van der Waals surface area contributed by atoms with Crippen molar-refractivity contribution in [3.05, 3.63) is 65.2 Å². The van der Waals surface area contributed by atoms with Gasteiger partial charge in [-0.1, -0.05) is 12.1 Å². The first-order valence-corrected chi connectivity index (χ1v) is 7.32. The molecule has 1 N–H and O–H groups in total. The molecule has 7 heteroatoms. The summed E-state index contributed by atoms with van der Waals surface area (Å²) in [6.07, 6.45) is 0. The molecular formula is C16H11F3N2OS. The highest BCUT2D eigenvalue weighted by Crippen LogP contribution is 2.36. The van der Waals surface area contributed by atoms with Crippen molar-refractivity contribution in [2.75, 3.05) is 0 Å². The van der Waals surface area contributed by atoms with E-state index in [9.17, 15) is 18.0 Å². The monoisotopic (exact) mass is 336 g/mol. The minimum absolute atomic E-state index is 0.0239. The van der Waals surface area contributed by atoms with E-state index in [0.717, 1.165) is 5.56 Å². The lowest BCUT2D eigenvalue weighted by Gasteiger charge is -2.08. The second-order valence-corrected chi connectivity index (χ2v) is 5.71. The second kappa shape index (κ2) is 7.20. The third kappa shape index (κ3) is 5.34. The van der Waals surface area contributed by atoms with E-state index in [1.54, 1.807) is 24.3 Å². The highest BCUT2D eigenvalue weighted by Gasteiger charge is 2.29. The van der Waals surface area contributed by atoms with E-state index in [4.69, 9.17) is 5.26 Å². The third-order valence-corrected chi connectivity index (χ3v) is 3.60. The standard InChI is InChI=1S/C16H11F3N2OS/c17-16(18,19)23-14-6-4-13(5-7-14)15(22)21-10-12-3-1-2-11(8-12)9-20/h1-8H,10H2,(H,21,22). The van der Waals surface area contributed by atoms with Gasteiger partial charge in [-0.25, -0.2) is 0 Å². The van der Waals surface area contributed by atoms with E-state index < -0.39 is 11.4 Å². The van der Waals surface area contributed by atoms with Crippen molar-refractivity contribution >= 4 is 17.7 Å². The Balaban J connectivity index is 1.97. The van der Waals surface area contributed by atoms with Crippen LogP contribution in [0.2, 0.25) is 0 Å². The topological polar surface area (TPSA) is 52.9 Å². The Morgan fingerprint density at radius 2 is 1.87 bits per heavy atom. The van der Waals surface area contributed by atoms with E-state index in [-0.39, 0.29) is 28.8 Å². The Hall–Kier alpha value is -2.46. The highest BCUT2D eigenvalue weighted by molar-refractivity contribution is 8.00. The fourth-order valence-electron chi connectivity index (χ4n) is 1.84. The van der Waals surface area contributed by atoms with Crippen molar-refractivity contribution in [1.29, 1.82) is 5.26 Å². The van der Waals surface area contributed by atoms with Crippen molar-refractivity contribution in [2.45, 2.75) is 16.9 Å². The first-order chi connectivity index (χ1) is 10.9. The van der Waals surface area contributed by atoms with Crippen molar-refractivity contribution in [3.8, 4) is 6.07 Å². The molecule has 0 bridgehead atoms. The van der Waals surface area contributed by atoms with Gasteiger partial charge in [0.1, 0.15) is 0 Å². The van der Waals surface area contributed by atoms with E-state index in [0.29, 0.717) is 5.56 Å². The fraction of sp³-hybridized carbons (Fsp3) is 0.125. The van der Waals surface area contributed by atoms with Crippen molar-refractivity contribution < 1.29 is 18.0 Å². The van der Waals surface area contributed by atoms with Gasteiger partial charge in [0.25, 0.3) is 5.91 Å². The van der Waals surface area contributed by atoms with Gasteiger partial charge >= 0.3 is 5.51 Å². The summed E-state index contributed by atoms with van der Waals surface area (Å²) in [7, 11) is 0. The zero-order valence-electron chi connectivity index (χ0n) is 11.7. The van der Waals surface area contributed by atoms with Gasteiger partial charge in [0.05, 0.1) is 11.6 Å². The predicted octanol–water partition coefficient (Wildman–Crippen LogP) is 4.10. The fourth-order valence-corrected chi connectivity index (χ4v) is 2.38. The molecule has 0 aromatic heterocycles. The molecule has 0 atom stereocenters. The summed E-state index contributed by atoms with van der Waals surface area (Å²) in [4.78, 5) is 12.0. The first kappa shape index (κ1) is 16.9. The van der Waals surface area contributed by atoms with Gasteiger partial charge in [0, 0.05) is 17.0 Å². The maximum absolute atomic E-state index is 12.2. The van der Waals surface area contributed by atoms with Gasteiger partial charge in [0.15, 0.2) is 0 Å². The first-order valence-electron chi connectivity index (χ1n) is 6.50. The smallest absolute Gasteiger partial charge is 0.348 e. The number of benzene rings is 2. The van der Waals surface area contributed by atoms with Gasteiger partial charge in [-0.3, -0.25) is 4.79 Å². The molecular weight excluding hydrogens is 325 g/mol. The number of hydrogen-bond donors (Lipinski definition) is 1. The normalized spacial score (nSPS) is 10.9. The van der Waals surface area contributed by atoms with E-state index in [1.807, 2.05) is 6.07 Å². The molecule has 1 amide bonds.